The number of amides is 1. The highest BCUT2D eigenvalue weighted by molar-refractivity contribution is 5.80. The van der Waals surface area contributed by atoms with Crippen molar-refractivity contribution >= 4 is 16.7 Å². The molecule has 31 heavy (non-hydrogen) atoms. The number of benzene rings is 1. The van der Waals surface area contributed by atoms with Crippen LogP contribution in [0.5, 0.6) is 0 Å². The number of fused-ring (bicyclic) bond motifs is 1. The van der Waals surface area contributed by atoms with E-state index in [1.807, 2.05) is 19.1 Å². The third-order valence-electron chi connectivity index (χ3n) is 5.51. The van der Waals surface area contributed by atoms with Crippen LogP contribution >= 0.6 is 0 Å². The number of nitrogens with one attached hydrogen (secondary N) is 2. The van der Waals surface area contributed by atoms with Crippen LogP contribution in [0.3, 0.4) is 0 Å². The number of nitrogens with zero attached hydrogens (tertiary/aromatic N) is 2. The first-order valence-corrected chi connectivity index (χ1v) is 10.4. The maximum Gasteiger partial charge on any atom is 0.273 e. The Morgan fingerprint density at radius 1 is 1.13 bits per heavy atom. The molecule has 1 aliphatic rings. The summed E-state index contributed by atoms with van der Waals surface area (Å²) in [5, 5.41) is 6.17. The average molecular weight is 426 g/mol. The van der Waals surface area contributed by atoms with Crippen molar-refractivity contribution in [3.63, 3.8) is 0 Å². The summed E-state index contributed by atoms with van der Waals surface area (Å²) in [6.45, 7) is 5.16. The van der Waals surface area contributed by atoms with Gasteiger partial charge in [0.2, 0.25) is 5.91 Å². The van der Waals surface area contributed by atoms with Crippen molar-refractivity contribution in [2.45, 2.75) is 25.9 Å². The molecule has 1 atom stereocenters. The molecule has 1 saturated heterocycles. The molecular formula is C22H26N4O5. The number of carbonyl (C=O) groups excluding carboxylic acids is 1. The van der Waals surface area contributed by atoms with Crippen molar-refractivity contribution in [2.75, 3.05) is 32.8 Å². The number of hydrogen-bond donors (Lipinski definition) is 2. The molecular weight excluding hydrogens is 400 g/mol. The van der Waals surface area contributed by atoms with Crippen LogP contribution in [0.15, 0.2) is 50.4 Å². The molecule has 0 spiro atoms. The Balaban J connectivity index is 1.41. The van der Waals surface area contributed by atoms with Crippen molar-refractivity contribution in [1.82, 2.24) is 20.0 Å². The zero-order chi connectivity index (χ0) is 21.8. The van der Waals surface area contributed by atoms with E-state index < -0.39 is 0 Å². The van der Waals surface area contributed by atoms with Gasteiger partial charge in [0.25, 0.3) is 11.1 Å². The molecule has 9 nitrogen and oxygen atoms in total. The number of H-pyrrole nitrogens is 1. The average Bonchev–Trinajstić information content (AvgIpc) is 3.22. The van der Waals surface area contributed by atoms with Crippen LogP contribution in [0.4, 0.5) is 0 Å². The fourth-order valence-electron chi connectivity index (χ4n) is 3.85. The fraction of sp³-hybridized carbons (Fsp3) is 0.409. The number of morpholine rings is 1. The lowest BCUT2D eigenvalue weighted by Gasteiger charge is -2.33. The number of furan rings is 1. The van der Waals surface area contributed by atoms with Gasteiger partial charge in [0.1, 0.15) is 11.5 Å². The van der Waals surface area contributed by atoms with E-state index in [2.05, 4.69) is 15.3 Å². The second-order valence-electron chi connectivity index (χ2n) is 7.61. The van der Waals surface area contributed by atoms with Gasteiger partial charge in [-0.2, -0.15) is 0 Å². The van der Waals surface area contributed by atoms with E-state index in [4.69, 9.17) is 9.15 Å². The molecule has 1 amide bonds. The number of aromatic amines is 1. The van der Waals surface area contributed by atoms with Crippen molar-refractivity contribution in [2.24, 2.45) is 0 Å². The maximum atomic E-state index is 12.6. The van der Waals surface area contributed by atoms with Gasteiger partial charge in [-0.3, -0.25) is 24.4 Å². The van der Waals surface area contributed by atoms with E-state index in [9.17, 15) is 14.4 Å². The molecule has 1 aliphatic heterocycles. The molecule has 164 valence electrons. The van der Waals surface area contributed by atoms with E-state index in [-0.39, 0.29) is 36.0 Å². The first-order chi connectivity index (χ1) is 15.0. The van der Waals surface area contributed by atoms with Gasteiger partial charge in [-0.05, 0) is 31.2 Å². The van der Waals surface area contributed by atoms with E-state index >= 15 is 0 Å². The zero-order valence-corrected chi connectivity index (χ0v) is 17.4. The van der Waals surface area contributed by atoms with Gasteiger partial charge in [-0.25, -0.2) is 4.68 Å². The second kappa shape index (κ2) is 9.32. The summed E-state index contributed by atoms with van der Waals surface area (Å²) >= 11 is 0. The molecule has 1 unspecified atom stereocenters. The van der Waals surface area contributed by atoms with Crippen LogP contribution in [0.2, 0.25) is 0 Å². The Labute approximate surface area is 178 Å². The predicted molar refractivity (Wildman–Crippen MR) is 115 cm³/mol. The lowest BCUT2D eigenvalue weighted by atomic mass is 10.1. The smallest absolute Gasteiger partial charge is 0.273 e. The molecule has 1 aromatic carbocycles. The molecule has 2 aromatic heterocycles. The third-order valence-corrected chi connectivity index (χ3v) is 5.51. The molecule has 3 aromatic rings. The van der Waals surface area contributed by atoms with Gasteiger partial charge < -0.3 is 14.5 Å². The van der Waals surface area contributed by atoms with Crippen LogP contribution in [-0.2, 0) is 16.1 Å². The van der Waals surface area contributed by atoms with Crippen LogP contribution in [-0.4, -0.2) is 53.4 Å². The SMILES string of the molecule is Cc1ccc(C(CNC(=O)CCn2[nH]c(=O)c3ccccc3c2=O)N2CCOCC2)o1. The minimum absolute atomic E-state index is 0.0706. The van der Waals surface area contributed by atoms with Crippen molar-refractivity contribution in [3.8, 4) is 0 Å². The lowest BCUT2D eigenvalue weighted by molar-refractivity contribution is -0.121. The Morgan fingerprint density at radius 2 is 1.87 bits per heavy atom. The normalized spacial score (nSPS) is 15.8. The molecule has 9 heteroatoms. The largest absolute Gasteiger partial charge is 0.465 e. The lowest BCUT2D eigenvalue weighted by Crippen LogP contribution is -2.44. The molecule has 3 heterocycles. The standard InChI is InChI=1S/C22H26N4O5/c1-15-6-7-19(31-15)18(25-10-12-30-13-11-25)14-23-20(27)8-9-26-22(29)17-5-3-2-4-16(17)21(28)24-26/h2-7,18H,8-14H2,1H3,(H,23,27)(H,24,28). The molecule has 4 rings (SSSR count). The Morgan fingerprint density at radius 3 is 2.58 bits per heavy atom. The highest BCUT2D eigenvalue weighted by atomic mass is 16.5. The summed E-state index contributed by atoms with van der Waals surface area (Å²) in [7, 11) is 0. The highest BCUT2D eigenvalue weighted by Gasteiger charge is 2.25. The molecule has 0 bridgehead atoms. The molecule has 0 aliphatic carbocycles. The van der Waals surface area contributed by atoms with Crippen molar-refractivity contribution in [1.29, 1.82) is 0 Å². The number of hydrogen-bond acceptors (Lipinski definition) is 6. The predicted octanol–water partition coefficient (Wildman–Crippen LogP) is 1.17. The van der Waals surface area contributed by atoms with Crippen LogP contribution < -0.4 is 16.4 Å². The third kappa shape index (κ3) is 4.78. The maximum absolute atomic E-state index is 12.6. The van der Waals surface area contributed by atoms with Crippen molar-refractivity contribution < 1.29 is 13.9 Å². The Bertz CT molecular complexity index is 1170. The molecule has 0 radical (unpaired) electrons. The van der Waals surface area contributed by atoms with Gasteiger partial charge in [0, 0.05) is 26.1 Å². The summed E-state index contributed by atoms with van der Waals surface area (Å²) in [6, 6.07) is 10.4. The highest BCUT2D eigenvalue weighted by Crippen LogP contribution is 2.23. The van der Waals surface area contributed by atoms with E-state index in [0.717, 1.165) is 24.6 Å². The van der Waals surface area contributed by atoms with E-state index in [1.54, 1.807) is 24.3 Å². The Kier molecular flexibility index (Phi) is 6.34. The summed E-state index contributed by atoms with van der Waals surface area (Å²) < 4.78 is 12.4. The van der Waals surface area contributed by atoms with Crippen LogP contribution in [0.1, 0.15) is 24.0 Å². The summed E-state index contributed by atoms with van der Waals surface area (Å²) in [5.41, 5.74) is -0.670. The summed E-state index contributed by atoms with van der Waals surface area (Å²) in [6.07, 6.45) is 0.0706. The second-order valence-corrected chi connectivity index (χ2v) is 7.61. The minimum Gasteiger partial charge on any atom is -0.465 e. The van der Waals surface area contributed by atoms with Gasteiger partial charge in [-0.1, -0.05) is 12.1 Å². The first-order valence-electron chi connectivity index (χ1n) is 10.4. The van der Waals surface area contributed by atoms with Crippen LogP contribution in [0.25, 0.3) is 10.8 Å². The van der Waals surface area contributed by atoms with Crippen molar-refractivity contribution in [3.05, 3.63) is 68.6 Å². The van der Waals surface area contributed by atoms with Gasteiger partial charge >= 0.3 is 0 Å². The number of aryl methyl sites for hydroxylation is 2. The number of rotatable bonds is 7. The first kappa shape index (κ1) is 21.1. The van der Waals surface area contributed by atoms with Gasteiger partial charge in [0.05, 0.1) is 36.6 Å². The number of aromatic nitrogens is 2. The van der Waals surface area contributed by atoms with E-state index in [1.165, 1.54) is 4.68 Å². The summed E-state index contributed by atoms with van der Waals surface area (Å²) in [5.74, 6) is 1.41. The molecule has 0 saturated carbocycles. The minimum atomic E-state index is -0.351. The molecule has 2 N–H and O–H groups in total. The van der Waals surface area contributed by atoms with E-state index in [0.29, 0.717) is 30.5 Å². The monoisotopic (exact) mass is 426 g/mol. The quantitative estimate of drug-likeness (QED) is 0.587. The molecule has 1 fully saturated rings. The number of ether oxygens (including phenoxy) is 1. The number of carbonyl (C=O) groups is 1. The summed E-state index contributed by atoms with van der Waals surface area (Å²) in [4.78, 5) is 39.5. The van der Waals surface area contributed by atoms with Gasteiger partial charge in [-0.15, -0.1) is 0 Å². The van der Waals surface area contributed by atoms with Crippen LogP contribution in [0, 0.1) is 6.92 Å². The van der Waals surface area contributed by atoms with Gasteiger partial charge in [0.15, 0.2) is 0 Å². The Hall–Kier alpha value is -3.17. The fourth-order valence-corrected chi connectivity index (χ4v) is 3.85. The zero-order valence-electron chi connectivity index (χ0n) is 17.4. The topological polar surface area (TPSA) is 110 Å².